The fraction of sp³-hybridized carbons (Fsp3) is 0.923. The van der Waals surface area contributed by atoms with Gasteiger partial charge in [0.15, 0.2) is 0 Å². The van der Waals surface area contributed by atoms with Crippen LogP contribution in [0.5, 0.6) is 0 Å². The molecule has 4 nitrogen and oxygen atoms in total. The molecule has 1 aliphatic rings. The lowest BCUT2D eigenvalue weighted by Crippen LogP contribution is -2.49. The highest BCUT2D eigenvalue weighted by atomic mass is 16.2. The van der Waals surface area contributed by atoms with E-state index in [1.165, 1.54) is 25.9 Å². The van der Waals surface area contributed by atoms with Crippen molar-refractivity contribution in [1.82, 2.24) is 15.1 Å². The third-order valence-electron chi connectivity index (χ3n) is 3.79. The highest BCUT2D eigenvalue weighted by Gasteiger charge is 2.25. The Hall–Kier alpha value is -0.610. The smallest absolute Gasteiger partial charge is 0.238 e. The van der Waals surface area contributed by atoms with Crippen molar-refractivity contribution in [3.8, 4) is 0 Å². The van der Waals surface area contributed by atoms with Crippen LogP contribution in [0, 0.1) is 5.92 Å². The molecule has 1 fully saturated rings. The molecule has 1 saturated heterocycles. The molecule has 0 spiro atoms. The monoisotopic (exact) mass is 241 g/mol. The zero-order valence-electron chi connectivity index (χ0n) is 11.9. The highest BCUT2D eigenvalue weighted by molar-refractivity contribution is 5.80. The summed E-state index contributed by atoms with van der Waals surface area (Å²) in [7, 11) is 5.79. The molecular weight excluding hydrogens is 214 g/mol. The van der Waals surface area contributed by atoms with Gasteiger partial charge < -0.3 is 15.1 Å². The Morgan fingerprint density at radius 3 is 2.29 bits per heavy atom. The molecule has 2 atom stereocenters. The number of rotatable bonds is 4. The third-order valence-corrected chi connectivity index (χ3v) is 3.79. The average molecular weight is 241 g/mol. The van der Waals surface area contributed by atoms with Crippen molar-refractivity contribution in [2.45, 2.75) is 38.8 Å². The van der Waals surface area contributed by atoms with Gasteiger partial charge in [-0.1, -0.05) is 0 Å². The first-order valence-corrected chi connectivity index (χ1v) is 6.57. The number of nitrogens with zero attached hydrogens (tertiary/aromatic N) is 2. The maximum Gasteiger partial charge on any atom is 0.238 e. The first kappa shape index (κ1) is 14.5. The maximum absolute atomic E-state index is 11.8. The summed E-state index contributed by atoms with van der Waals surface area (Å²) in [5.41, 5.74) is 0. The number of hydrogen-bond acceptors (Lipinski definition) is 3. The van der Waals surface area contributed by atoms with Crippen molar-refractivity contribution in [2.24, 2.45) is 5.92 Å². The zero-order chi connectivity index (χ0) is 13.0. The van der Waals surface area contributed by atoms with E-state index in [4.69, 9.17) is 0 Å². The van der Waals surface area contributed by atoms with E-state index in [0.717, 1.165) is 0 Å². The summed E-state index contributed by atoms with van der Waals surface area (Å²) >= 11 is 0. The van der Waals surface area contributed by atoms with E-state index in [1.807, 2.05) is 6.92 Å². The maximum atomic E-state index is 11.8. The number of piperidine rings is 1. The van der Waals surface area contributed by atoms with E-state index in [0.29, 0.717) is 12.0 Å². The molecule has 1 heterocycles. The van der Waals surface area contributed by atoms with Gasteiger partial charge in [0.1, 0.15) is 0 Å². The van der Waals surface area contributed by atoms with Crippen molar-refractivity contribution in [1.29, 1.82) is 0 Å². The van der Waals surface area contributed by atoms with Crippen LogP contribution in [0.15, 0.2) is 0 Å². The molecule has 0 aromatic rings. The number of carbonyl (C=O) groups is 1. The van der Waals surface area contributed by atoms with Crippen molar-refractivity contribution < 1.29 is 4.79 Å². The molecule has 1 N–H and O–H groups in total. The summed E-state index contributed by atoms with van der Waals surface area (Å²) in [6.45, 7) is 6.50. The van der Waals surface area contributed by atoms with E-state index in [9.17, 15) is 4.79 Å². The van der Waals surface area contributed by atoms with Crippen LogP contribution in [0.3, 0.4) is 0 Å². The van der Waals surface area contributed by atoms with Crippen LogP contribution in [-0.2, 0) is 4.79 Å². The Labute approximate surface area is 105 Å². The highest BCUT2D eigenvalue weighted by Crippen LogP contribution is 2.19. The molecule has 1 amide bonds. The molecule has 0 aliphatic carbocycles. The summed E-state index contributed by atoms with van der Waals surface area (Å²) in [6, 6.07) is 0.335. The molecule has 1 rings (SSSR count). The van der Waals surface area contributed by atoms with Gasteiger partial charge in [-0.15, -0.1) is 0 Å². The van der Waals surface area contributed by atoms with E-state index in [1.54, 1.807) is 19.0 Å². The molecule has 0 saturated carbocycles. The van der Waals surface area contributed by atoms with E-state index in [2.05, 4.69) is 24.2 Å². The normalized spacial score (nSPS) is 22.2. The van der Waals surface area contributed by atoms with Gasteiger partial charge in [-0.3, -0.25) is 4.79 Å². The summed E-state index contributed by atoms with van der Waals surface area (Å²) in [5, 5.41) is 3.44. The lowest BCUT2D eigenvalue weighted by molar-refractivity contribution is -0.130. The summed E-state index contributed by atoms with van der Waals surface area (Å²) < 4.78 is 0. The predicted molar refractivity (Wildman–Crippen MR) is 71.0 cm³/mol. The second kappa shape index (κ2) is 6.36. The quantitative estimate of drug-likeness (QED) is 0.790. The van der Waals surface area contributed by atoms with Gasteiger partial charge in [0.2, 0.25) is 5.91 Å². The Morgan fingerprint density at radius 1 is 1.29 bits per heavy atom. The Kier molecular flexibility index (Phi) is 5.40. The largest absolute Gasteiger partial charge is 0.347 e. The minimum absolute atomic E-state index is 0.0837. The van der Waals surface area contributed by atoms with E-state index in [-0.39, 0.29) is 11.9 Å². The second-order valence-corrected chi connectivity index (χ2v) is 5.55. The fourth-order valence-corrected chi connectivity index (χ4v) is 2.52. The third kappa shape index (κ3) is 4.28. The fourth-order valence-electron chi connectivity index (χ4n) is 2.52. The average Bonchev–Trinajstić information content (AvgIpc) is 2.28. The van der Waals surface area contributed by atoms with Gasteiger partial charge in [0.05, 0.1) is 6.04 Å². The van der Waals surface area contributed by atoms with Gasteiger partial charge in [0.25, 0.3) is 0 Å². The lowest BCUT2D eigenvalue weighted by Gasteiger charge is -2.34. The molecule has 4 heteroatoms. The van der Waals surface area contributed by atoms with Crippen LogP contribution in [0.4, 0.5) is 0 Å². The predicted octanol–water partition coefficient (Wildman–Crippen LogP) is 0.783. The number of amides is 1. The Balaban J connectivity index is 2.38. The topological polar surface area (TPSA) is 35.6 Å². The van der Waals surface area contributed by atoms with E-state index < -0.39 is 0 Å². The summed E-state index contributed by atoms with van der Waals surface area (Å²) in [6.07, 6.45) is 2.46. The minimum Gasteiger partial charge on any atom is -0.347 e. The van der Waals surface area contributed by atoms with Gasteiger partial charge in [0, 0.05) is 20.1 Å². The number of carbonyl (C=O) groups excluding carboxylic acids is 1. The van der Waals surface area contributed by atoms with Gasteiger partial charge in [-0.05, 0) is 52.7 Å². The molecule has 100 valence electrons. The van der Waals surface area contributed by atoms with Gasteiger partial charge in [-0.2, -0.15) is 0 Å². The van der Waals surface area contributed by atoms with Crippen molar-refractivity contribution >= 4 is 5.91 Å². The molecule has 0 aromatic carbocycles. The number of nitrogens with one attached hydrogen (secondary N) is 1. The van der Waals surface area contributed by atoms with Crippen LogP contribution in [0.25, 0.3) is 0 Å². The molecule has 2 unspecified atom stereocenters. The number of hydrogen-bond donors (Lipinski definition) is 1. The Morgan fingerprint density at radius 2 is 1.82 bits per heavy atom. The minimum atomic E-state index is -0.0837. The first-order valence-electron chi connectivity index (χ1n) is 6.57. The van der Waals surface area contributed by atoms with Crippen LogP contribution in [0.1, 0.15) is 26.7 Å². The van der Waals surface area contributed by atoms with Crippen molar-refractivity contribution in [3.63, 3.8) is 0 Å². The van der Waals surface area contributed by atoms with Crippen LogP contribution in [-0.4, -0.2) is 62.0 Å². The summed E-state index contributed by atoms with van der Waals surface area (Å²) in [5.74, 6) is 0.855. The van der Waals surface area contributed by atoms with Crippen molar-refractivity contribution in [2.75, 3.05) is 34.2 Å². The molecular formula is C13H27N3O. The number of likely N-dealkylation sites (tertiary alicyclic amines) is 1. The SMILES string of the molecule is CC(NC(C)C1CCN(C)CC1)C(=O)N(C)C. The van der Waals surface area contributed by atoms with Gasteiger partial charge in [-0.25, -0.2) is 0 Å². The zero-order valence-corrected chi connectivity index (χ0v) is 11.9. The number of likely N-dealkylation sites (N-methyl/N-ethyl adjacent to an activating group) is 1. The standard InChI is InChI=1S/C13H27N3O/c1-10(12-6-8-16(5)9-7-12)14-11(2)13(17)15(3)4/h10-12,14H,6-9H2,1-5H3. The molecule has 17 heavy (non-hydrogen) atoms. The molecule has 0 radical (unpaired) electrons. The first-order chi connectivity index (χ1) is 7.91. The summed E-state index contributed by atoms with van der Waals surface area (Å²) in [4.78, 5) is 15.8. The van der Waals surface area contributed by atoms with Crippen LogP contribution < -0.4 is 5.32 Å². The van der Waals surface area contributed by atoms with E-state index >= 15 is 0 Å². The Bertz CT molecular complexity index is 247. The van der Waals surface area contributed by atoms with Crippen LogP contribution in [0.2, 0.25) is 0 Å². The molecule has 0 bridgehead atoms. The van der Waals surface area contributed by atoms with Crippen molar-refractivity contribution in [3.05, 3.63) is 0 Å². The molecule has 0 aromatic heterocycles. The second-order valence-electron chi connectivity index (χ2n) is 5.55. The van der Waals surface area contributed by atoms with Crippen LogP contribution >= 0.6 is 0 Å². The van der Waals surface area contributed by atoms with Gasteiger partial charge >= 0.3 is 0 Å². The molecule has 1 aliphatic heterocycles. The lowest BCUT2D eigenvalue weighted by atomic mass is 9.90.